The van der Waals surface area contributed by atoms with Crippen LogP contribution in [0.3, 0.4) is 0 Å². The highest BCUT2D eigenvalue weighted by atomic mass is 127. The van der Waals surface area contributed by atoms with Crippen molar-refractivity contribution in [3.8, 4) is 0 Å². The molecule has 10 heteroatoms. The van der Waals surface area contributed by atoms with Gasteiger partial charge in [0.15, 0.2) is 5.96 Å². The van der Waals surface area contributed by atoms with Crippen molar-refractivity contribution in [2.24, 2.45) is 4.99 Å². The van der Waals surface area contributed by atoms with E-state index in [1.54, 1.807) is 0 Å². The lowest BCUT2D eigenvalue weighted by molar-refractivity contribution is 0.0200. The van der Waals surface area contributed by atoms with E-state index in [-0.39, 0.29) is 35.8 Å². The molecule has 26 heavy (non-hydrogen) atoms. The minimum atomic E-state index is -3.30. The van der Waals surface area contributed by atoms with Crippen molar-refractivity contribution in [1.29, 1.82) is 0 Å². The van der Waals surface area contributed by atoms with E-state index in [1.807, 2.05) is 18.7 Å². The van der Waals surface area contributed by atoms with Crippen LogP contribution in [0.5, 0.6) is 0 Å². The van der Waals surface area contributed by atoms with Gasteiger partial charge in [0.2, 0.25) is 10.0 Å². The lowest BCUT2D eigenvalue weighted by atomic mass is 10.1. The van der Waals surface area contributed by atoms with Gasteiger partial charge >= 0.3 is 0 Å². The van der Waals surface area contributed by atoms with Crippen LogP contribution in [0.25, 0.3) is 0 Å². The van der Waals surface area contributed by atoms with Gasteiger partial charge in [0.05, 0.1) is 18.4 Å². The summed E-state index contributed by atoms with van der Waals surface area (Å²) in [7, 11) is -3.30. The molecule has 2 unspecified atom stereocenters. The van der Waals surface area contributed by atoms with Gasteiger partial charge in [-0.05, 0) is 44.8 Å². The van der Waals surface area contributed by atoms with Gasteiger partial charge in [0.25, 0.3) is 0 Å². The third-order valence-corrected chi connectivity index (χ3v) is 7.02. The van der Waals surface area contributed by atoms with Crippen LogP contribution in [-0.4, -0.2) is 70.0 Å². The Morgan fingerprint density at radius 2 is 2.08 bits per heavy atom. The number of ether oxygens (including phenoxy) is 1. The highest BCUT2D eigenvalue weighted by molar-refractivity contribution is 14.0. The molecule has 2 fully saturated rings. The molecule has 2 saturated heterocycles. The number of hydrogen-bond acceptors (Lipinski definition) is 5. The second-order valence-electron chi connectivity index (χ2n) is 6.44. The molecule has 2 atom stereocenters. The van der Waals surface area contributed by atoms with Crippen LogP contribution < -0.4 is 15.4 Å². The highest BCUT2D eigenvalue weighted by Gasteiger charge is 2.18. The van der Waals surface area contributed by atoms with Crippen LogP contribution in [0.15, 0.2) is 4.99 Å². The molecule has 7 nitrogen and oxygen atoms in total. The molecular weight excluding hydrogens is 487 g/mol. The zero-order valence-corrected chi connectivity index (χ0v) is 19.5. The van der Waals surface area contributed by atoms with Gasteiger partial charge in [0.1, 0.15) is 0 Å². The summed E-state index contributed by atoms with van der Waals surface area (Å²) in [6, 6.07) is 0. The summed E-state index contributed by atoms with van der Waals surface area (Å²) in [5, 5.41) is 6.88. The van der Waals surface area contributed by atoms with Gasteiger partial charge in [0, 0.05) is 31.5 Å². The second kappa shape index (κ2) is 13.4. The Kier molecular flexibility index (Phi) is 12.5. The largest absolute Gasteiger partial charge is 0.377 e. The Morgan fingerprint density at radius 1 is 1.23 bits per heavy atom. The fourth-order valence-corrected chi connectivity index (χ4v) is 5.02. The van der Waals surface area contributed by atoms with E-state index < -0.39 is 10.0 Å². The number of rotatable bonds is 9. The van der Waals surface area contributed by atoms with Gasteiger partial charge in [-0.1, -0.05) is 0 Å². The SMILES string of the molecule is CCNC(=NCC1CCCS1)NCCS(=O)(=O)NCC1CCCCO1.I. The molecule has 0 aromatic rings. The molecule has 0 aromatic carbocycles. The van der Waals surface area contributed by atoms with Crippen molar-refractivity contribution in [2.45, 2.75) is 50.4 Å². The minimum absolute atomic E-state index is 0. The van der Waals surface area contributed by atoms with Crippen LogP contribution in [0.2, 0.25) is 0 Å². The van der Waals surface area contributed by atoms with Gasteiger partial charge in [-0.25, -0.2) is 13.1 Å². The molecule has 154 valence electrons. The van der Waals surface area contributed by atoms with E-state index in [1.165, 1.54) is 18.6 Å². The molecular formula is C16H33IN4O3S2. The summed E-state index contributed by atoms with van der Waals surface area (Å²) in [5.74, 6) is 1.95. The first kappa shape index (κ1) is 24.3. The standard InChI is InChI=1S/C16H32N4O3S2.HI/c1-2-17-16(19-13-15-7-5-10-24-15)18-8-11-25(21,22)20-12-14-6-3-4-9-23-14;/h14-15,20H,2-13H2,1H3,(H2,17,18,19);1H. The predicted molar refractivity (Wildman–Crippen MR) is 120 cm³/mol. The summed E-state index contributed by atoms with van der Waals surface area (Å²) >= 11 is 1.97. The normalized spacial score (nSPS) is 24.1. The average molecular weight is 521 g/mol. The Hall–Kier alpha value is 0.220. The number of guanidine groups is 1. The fourth-order valence-electron chi connectivity index (χ4n) is 2.89. The van der Waals surface area contributed by atoms with Gasteiger partial charge in [-0.15, -0.1) is 24.0 Å². The Labute approximate surface area is 179 Å². The maximum Gasteiger partial charge on any atom is 0.213 e. The van der Waals surface area contributed by atoms with Gasteiger partial charge in [-0.3, -0.25) is 4.99 Å². The second-order valence-corrected chi connectivity index (χ2v) is 9.77. The average Bonchev–Trinajstić information content (AvgIpc) is 3.12. The monoisotopic (exact) mass is 520 g/mol. The lowest BCUT2D eigenvalue weighted by Crippen LogP contribution is -2.42. The maximum absolute atomic E-state index is 12.1. The van der Waals surface area contributed by atoms with E-state index in [9.17, 15) is 8.42 Å². The van der Waals surface area contributed by atoms with E-state index >= 15 is 0 Å². The molecule has 0 amide bonds. The van der Waals surface area contributed by atoms with Crippen molar-refractivity contribution in [2.75, 3.05) is 44.3 Å². The fraction of sp³-hybridized carbons (Fsp3) is 0.938. The highest BCUT2D eigenvalue weighted by Crippen LogP contribution is 2.25. The van der Waals surface area contributed by atoms with E-state index in [0.29, 0.717) is 24.3 Å². The van der Waals surface area contributed by atoms with Crippen molar-refractivity contribution in [3.63, 3.8) is 0 Å². The van der Waals surface area contributed by atoms with Crippen LogP contribution in [0, 0.1) is 0 Å². The van der Waals surface area contributed by atoms with E-state index in [0.717, 1.165) is 39.0 Å². The van der Waals surface area contributed by atoms with Gasteiger partial charge in [-0.2, -0.15) is 11.8 Å². The molecule has 3 N–H and O–H groups in total. The topological polar surface area (TPSA) is 91.8 Å². The predicted octanol–water partition coefficient (Wildman–Crippen LogP) is 1.54. The molecule has 0 spiro atoms. The molecule has 0 radical (unpaired) electrons. The lowest BCUT2D eigenvalue weighted by Gasteiger charge is -2.22. The van der Waals surface area contributed by atoms with Gasteiger partial charge < -0.3 is 15.4 Å². The van der Waals surface area contributed by atoms with Crippen LogP contribution in [0.1, 0.15) is 39.0 Å². The third-order valence-electron chi connectivity index (χ3n) is 4.29. The molecule has 2 aliphatic rings. The van der Waals surface area contributed by atoms with E-state index in [4.69, 9.17) is 4.74 Å². The Bertz CT molecular complexity index is 508. The molecule has 2 aliphatic heterocycles. The maximum atomic E-state index is 12.1. The minimum Gasteiger partial charge on any atom is -0.377 e. The smallest absolute Gasteiger partial charge is 0.213 e. The number of thioether (sulfide) groups is 1. The van der Waals surface area contributed by atoms with Crippen LogP contribution >= 0.6 is 35.7 Å². The summed E-state index contributed by atoms with van der Waals surface area (Å²) in [4.78, 5) is 4.57. The number of nitrogens with one attached hydrogen (secondary N) is 3. The molecule has 2 rings (SSSR count). The summed E-state index contributed by atoms with van der Waals surface area (Å²) in [5.41, 5.74) is 0. The molecule has 2 heterocycles. The summed E-state index contributed by atoms with van der Waals surface area (Å²) in [6.45, 7) is 4.98. The first-order valence-electron chi connectivity index (χ1n) is 9.32. The number of sulfonamides is 1. The number of hydrogen-bond donors (Lipinski definition) is 3. The zero-order chi connectivity index (χ0) is 18.0. The van der Waals surface area contributed by atoms with Crippen molar-refractivity contribution in [3.05, 3.63) is 0 Å². The third kappa shape index (κ3) is 9.95. The zero-order valence-electron chi connectivity index (χ0n) is 15.5. The van der Waals surface area contributed by atoms with Crippen molar-refractivity contribution < 1.29 is 13.2 Å². The molecule has 0 aromatic heterocycles. The number of halogens is 1. The first-order chi connectivity index (χ1) is 12.1. The van der Waals surface area contributed by atoms with E-state index in [2.05, 4.69) is 20.3 Å². The Morgan fingerprint density at radius 3 is 2.73 bits per heavy atom. The summed E-state index contributed by atoms with van der Waals surface area (Å²) in [6.07, 6.45) is 5.60. The molecule has 0 bridgehead atoms. The Balaban J connectivity index is 0.00000338. The van der Waals surface area contributed by atoms with Crippen molar-refractivity contribution in [1.82, 2.24) is 15.4 Å². The molecule has 0 aliphatic carbocycles. The van der Waals surface area contributed by atoms with Crippen LogP contribution in [-0.2, 0) is 14.8 Å². The quantitative estimate of drug-likeness (QED) is 0.243. The first-order valence-corrected chi connectivity index (χ1v) is 12.0. The number of aliphatic imine (C=N–C) groups is 1. The summed E-state index contributed by atoms with van der Waals surface area (Å²) < 4.78 is 32.4. The number of nitrogens with zero attached hydrogens (tertiary/aromatic N) is 1. The van der Waals surface area contributed by atoms with Crippen molar-refractivity contribution >= 4 is 51.7 Å². The molecule has 0 saturated carbocycles. The van der Waals surface area contributed by atoms with Crippen LogP contribution in [0.4, 0.5) is 0 Å².